The van der Waals surface area contributed by atoms with Gasteiger partial charge in [-0.3, -0.25) is 0 Å². The Balaban J connectivity index is 4.45. The quantitative estimate of drug-likeness (QED) is 0.476. The Morgan fingerprint density at radius 2 is 2.18 bits per heavy atom. The zero-order valence-corrected chi connectivity index (χ0v) is 6.79. The maximum Gasteiger partial charge on any atom is 0.335 e. The van der Waals surface area contributed by atoms with Crippen LogP contribution in [-0.2, 0) is 4.79 Å². The van der Waals surface area contributed by atoms with Gasteiger partial charge in [-0.15, -0.1) is 0 Å². The van der Waals surface area contributed by atoms with Crippen molar-refractivity contribution in [2.45, 2.75) is 20.3 Å². The van der Waals surface area contributed by atoms with E-state index in [1.54, 1.807) is 6.92 Å². The molecular weight excluding hydrogens is 142 g/mol. The molecule has 0 heterocycles. The monoisotopic (exact) mass is 155 g/mol. The number of carboxylic acid groups (broad SMARTS) is 1. The summed E-state index contributed by atoms with van der Waals surface area (Å²) in [5.41, 5.74) is 6.27. The number of allylic oxidation sites excluding steroid dienone is 2. The normalized spacial score (nSPS) is 13.3. The predicted molar refractivity (Wildman–Crippen MR) is 44.0 cm³/mol. The molecule has 0 unspecified atom stereocenters. The molecule has 11 heavy (non-hydrogen) atoms. The van der Waals surface area contributed by atoms with Crippen LogP contribution in [0.2, 0.25) is 0 Å². The molecule has 0 saturated heterocycles. The van der Waals surface area contributed by atoms with Gasteiger partial charge >= 0.3 is 5.97 Å². The summed E-state index contributed by atoms with van der Waals surface area (Å²) < 4.78 is 0. The molecule has 0 radical (unpaired) electrons. The fraction of sp³-hybridized carbons (Fsp3) is 0.375. The van der Waals surface area contributed by atoms with Crippen molar-refractivity contribution in [2.75, 3.05) is 0 Å². The molecule has 0 bridgehead atoms. The maximum atomic E-state index is 10.4. The molecule has 0 saturated carbocycles. The van der Waals surface area contributed by atoms with Gasteiger partial charge in [0.05, 0.1) is 5.57 Å². The molecule has 0 aliphatic carbocycles. The summed E-state index contributed by atoms with van der Waals surface area (Å²) in [6, 6.07) is 0. The van der Waals surface area contributed by atoms with Gasteiger partial charge in [0.1, 0.15) is 0 Å². The van der Waals surface area contributed by atoms with Crippen LogP contribution in [0.4, 0.5) is 0 Å². The lowest BCUT2D eigenvalue weighted by Crippen LogP contribution is -2.02. The summed E-state index contributed by atoms with van der Waals surface area (Å²) in [5, 5.41) is 8.55. The van der Waals surface area contributed by atoms with E-state index >= 15 is 0 Å². The highest BCUT2D eigenvalue weighted by Gasteiger charge is 2.01. The first-order valence-electron chi connectivity index (χ1n) is 3.47. The Bertz CT molecular complexity index is 204. The second-order valence-corrected chi connectivity index (χ2v) is 2.12. The average Bonchev–Trinajstić information content (AvgIpc) is 1.99. The van der Waals surface area contributed by atoms with Gasteiger partial charge in [-0.2, -0.15) is 0 Å². The van der Waals surface area contributed by atoms with Crippen molar-refractivity contribution >= 4 is 5.97 Å². The van der Waals surface area contributed by atoms with Crippen LogP contribution in [0.25, 0.3) is 0 Å². The second kappa shape index (κ2) is 4.55. The van der Waals surface area contributed by atoms with Gasteiger partial charge in [-0.25, -0.2) is 4.79 Å². The Morgan fingerprint density at radius 1 is 1.64 bits per heavy atom. The van der Waals surface area contributed by atoms with E-state index in [2.05, 4.69) is 0 Å². The topological polar surface area (TPSA) is 63.3 Å². The molecule has 0 aliphatic heterocycles. The smallest absolute Gasteiger partial charge is 0.335 e. The molecule has 0 aliphatic rings. The zero-order chi connectivity index (χ0) is 8.85. The fourth-order valence-corrected chi connectivity index (χ4v) is 0.570. The van der Waals surface area contributed by atoms with E-state index in [1.165, 1.54) is 12.2 Å². The number of aliphatic carboxylic acids is 1. The highest BCUT2D eigenvalue weighted by Crippen LogP contribution is 2.01. The van der Waals surface area contributed by atoms with E-state index in [0.29, 0.717) is 12.1 Å². The summed E-state index contributed by atoms with van der Waals surface area (Å²) in [5.74, 6) is -0.941. The highest BCUT2D eigenvalue weighted by atomic mass is 16.4. The summed E-state index contributed by atoms with van der Waals surface area (Å²) >= 11 is 0. The number of hydrogen-bond donors (Lipinski definition) is 2. The summed E-state index contributed by atoms with van der Waals surface area (Å²) in [6.07, 6.45) is 3.66. The fourth-order valence-electron chi connectivity index (χ4n) is 0.570. The first-order chi connectivity index (χ1) is 5.11. The standard InChI is InChI=1S/C8H13NO2/c1-3-6(8(10)11)5-7(9)4-2/h3,5H,4,9H2,1-2H3,(H,10,11)/b6-3+,7-5+. The van der Waals surface area contributed by atoms with Crippen LogP contribution in [-0.4, -0.2) is 11.1 Å². The minimum absolute atomic E-state index is 0.240. The Morgan fingerprint density at radius 3 is 2.45 bits per heavy atom. The Hall–Kier alpha value is -1.25. The molecule has 3 N–H and O–H groups in total. The average molecular weight is 155 g/mol. The minimum atomic E-state index is -0.941. The zero-order valence-electron chi connectivity index (χ0n) is 6.79. The van der Waals surface area contributed by atoms with Gasteiger partial charge in [-0.1, -0.05) is 13.0 Å². The number of nitrogens with two attached hydrogens (primary N) is 1. The van der Waals surface area contributed by atoms with Crippen LogP contribution in [0.1, 0.15) is 20.3 Å². The van der Waals surface area contributed by atoms with Crippen LogP contribution < -0.4 is 5.73 Å². The van der Waals surface area contributed by atoms with Gasteiger partial charge in [0.15, 0.2) is 0 Å². The van der Waals surface area contributed by atoms with E-state index in [1.807, 2.05) is 6.92 Å². The maximum absolute atomic E-state index is 10.4. The van der Waals surface area contributed by atoms with Crippen molar-refractivity contribution in [1.82, 2.24) is 0 Å². The van der Waals surface area contributed by atoms with Crippen molar-refractivity contribution in [3.05, 3.63) is 23.4 Å². The lowest BCUT2D eigenvalue weighted by Gasteiger charge is -1.96. The van der Waals surface area contributed by atoms with Crippen LogP contribution in [0, 0.1) is 0 Å². The first-order valence-corrected chi connectivity index (χ1v) is 3.47. The van der Waals surface area contributed by atoms with E-state index in [4.69, 9.17) is 10.8 Å². The van der Waals surface area contributed by atoms with E-state index in [0.717, 1.165) is 0 Å². The third-order valence-corrected chi connectivity index (χ3v) is 1.31. The van der Waals surface area contributed by atoms with Crippen LogP contribution >= 0.6 is 0 Å². The lowest BCUT2D eigenvalue weighted by atomic mass is 10.2. The number of carboxylic acids is 1. The lowest BCUT2D eigenvalue weighted by molar-refractivity contribution is -0.132. The van der Waals surface area contributed by atoms with Crippen LogP contribution in [0.3, 0.4) is 0 Å². The molecule has 0 aromatic carbocycles. The second-order valence-electron chi connectivity index (χ2n) is 2.12. The number of carbonyl (C=O) groups is 1. The van der Waals surface area contributed by atoms with Gasteiger partial charge in [0, 0.05) is 5.70 Å². The Labute approximate surface area is 66.2 Å². The molecule has 0 amide bonds. The molecule has 0 spiro atoms. The molecule has 0 atom stereocenters. The summed E-state index contributed by atoms with van der Waals surface area (Å²) in [4.78, 5) is 10.4. The first kappa shape index (κ1) is 9.75. The van der Waals surface area contributed by atoms with Crippen molar-refractivity contribution in [1.29, 1.82) is 0 Å². The number of rotatable bonds is 3. The minimum Gasteiger partial charge on any atom is -0.478 e. The number of hydrogen-bond acceptors (Lipinski definition) is 2. The summed E-state index contributed by atoms with van der Waals surface area (Å²) in [7, 11) is 0. The molecule has 0 fully saturated rings. The van der Waals surface area contributed by atoms with Crippen molar-refractivity contribution < 1.29 is 9.90 Å². The summed E-state index contributed by atoms with van der Waals surface area (Å²) in [6.45, 7) is 3.55. The van der Waals surface area contributed by atoms with Gasteiger partial charge in [-0.05, 0) is 19.4 Å². The Kier molecular flexibility index (Phi) is 4.03. The molecule has 62 valence electrons. The van der Waals surface area contributed by atoms with E-state index in [9.17, 15) is 4.79 Å². The van der Waals surface area contributed by atoms with Gasteiger partial charge in [0.25, 0.3) is 0 Å². The molecular formula is C8H13NO2. The van der Waals surface area contributed by atoms with E-state index in [-0.39, 0.29) is 5.57 Å². The predicted octanol–water partition coefficient (Wildman–Crippen LogP) is 1.27. The molecule has 0 aromatic rings. The molecule has 3 heteroatoms. The van der Waals surface area contributed by atoms with Crippen molar-refractivity contribution in [3.63, 3.8) is 0 Å². The molecule has 0 rings (SSSR count). The van der Waals surface area contributed by atoms with Crippen LogP contribution in [0.15, 0.2) is 23.4 Å². The highest BCUT2D eigenvalue weighted by molar-refractivity contribution is 5.89. The van der Waals surface area contributed by atoms with Crippen LogP contribution in [0.5, 0.6) is 0 Å². The third kappa shape index (κ3) is 3.45. The SMILES string of the molecule is C/C=C(\C=C(\N)CC)C(=O)O. The molecule has 3 nitrogen and oxygen atoms in total. The largest absolute Gasteiger partial charge is 0.478 e. The third-order valence-electron chi connectivity index (χ3n) is 1.31. The van der Waals surface area contributed by atoms with Crippen molar-refractivity contribution in [2.24, 2.45) is 5.73 Å². The molecule has 0 aromatic heterocycles. The van der Waals surface area contributed by atoms with Gasteiger partial charge < -0.3 is 10.8 Å². The van der Waals surface area contributed by atoms with Gasteiger partial charge in [0.2, 0.25) is 0 Å². The van der Waals surface area contributed by atoms with E-state index < -0.39 is 5.97 Å². The van der Waals surface area contributed by atoms with Crippen molar-refractivity contribution in [3.8, 4) is 0 Å².